The van der Waals surface area contributed by atoms with Crippen molar-refractivity contribution in [1.29, 1.82) is 0 Å². The van der Waals surface area contributed by atoms with E-state index in [-0.39, 0.29) is 5.78 Å². The fourth-order valence-corrected chi connectivity index (χ4v) is 3.11. The Balaban J connectivity index is 1.71. The molecule has 0 bridgehead atoms. The van der Waals surface area contributed by atoms with E-state index in [1.54, 1.807) is 12.3 Å². The van der Waals surface area contributed by atoms with Crippen LogP contribution in [0.1, 0.15) is 45.5 Å². The van der Waals surface area contributed by atoms with Crippen molar-refractivity contribution in [1.82, 2.24) is 0 Å². The molecule has 3 rings (SSSR count). The molecule has 2 aromatic carbocycles. The molecule has 2 heteroatoms. The third-order valence-corrected chi connectivity index (χ3v) is 4.66. The van der Waals surface area contributed by atoms with E-state index < -0.39 is 0 Å². The molecule has 1 N–H and O–H groups in total. The van der Waals surface area contributed by atoms with Crippen LogP contribution in [0.2, 0.25) is 0 Å². The first-order valence-corrected chi connectivity index (χ1v) is 8.30. The van der Waals surface area contributed by atoms with Crippen LogP contribution in [0.3, 0.4) is 0 Å². The van der Waals surface area contributed by atoms with Crippen molar-refractivity contribution in [2.24, 2.45) is 0 Å². The molecule has 0 amide bonds. The number of ketones is 1. The molecule has 0 unspecified atom stereocenters. The van der Waals surface area contributed by atoms with Crippen LogP contribution >= 0.6 is 0 Å². The highest BCUT2D eigenvalue weighted by Gasteiger charge is 2.12. The summed E-state index contributed by atoms with van der Waals surface area (Å²) in [6.45, 7) is 4.09. The van der Waals surface area contributed by atoms with Gasteiger partial charge in [0.05, 0.1) is 0 Å². The monoisotopic (exact) mass is 305 g/mol. The molecule has 1 aliphatic rings. The Morgan fingerprint density at radius 2 is 1.87 bits per heavy atom. The van der Waals surface area contributed by atoms with E-state index in [2.05, 4.69) is 30.4 Å². The molecule has 0 fully saturated rings. The number of carbonyl (C=O) groups excluding carboxylic acids is 1. The summed E-state index contributed by atoms with van der Waals surface area (Å²) in [5.41, 5.74) is 7.07. The van der Waals surface area contributed by atoms with Gasteiger partial charge in [-0.05, 0) is 73.9 Å². The average Bonchev–Trinajstić information content (AvgIpc) is 2.57. The van der Waals surface area contributed by atoms with Gasteiger partial charge in [0.2, 0.25) is 0 Å². The highest BCUT2D eigenvalue weighted by Crippen LogP contribution is 2.27. The van der Waals surface area contributed by atoms with E-state index in [0.717, 1.165) is 29.7 Å². The van der Waals surface area contributed by atoms with Crippen LogP contribution in [0.25, 0.3) is 0 Å². The molecule has 0 aliphatic heterocycles. The average molecular weight is 305 g/mol. The van der Waals surface area contributed by atoms with Gasteiger partial charge in [-0.2, -0.15) is 0 Å². The number of anilines is 1. The Bertz CT molecular complexity index is 758. The lowest BCUT2D eigenvalue weighted by atomic mass is 9.90. The van der Waals surface area contributed by atoms with Crippen molar-refractivity contribution in [2.75, 3.05) is 5.32 Å². The smallest absolute Gasteiger partial charge is 0.187 e. The molecule has 2 nitrogen and oxygen atoms in total. The van der Waals surface area contributed by atoms with Crippen LogP contribution in [-0.2, 0) is 12.8 Å². The lowest BCUT2D eigenvalue weighted by Gasteiger charge is -2.18. The molecule has 0 saturated heterocycles. The van der Waals surface area contributed by atoms with Crippen LogP contribution < -0.4 is 5.32 Å². The van der Waals surface area contributed by atoms with Crippen LogP contribution in [0.15, 0.2) is 48.7 Å². The second-order valence-electron chi connectivity index (χ2n) is 6.29. The molecule has 0 radical (unpaired) electrons. The zero-order chi connectivity index (χ0) is 16.2. The number of nitrogens with one attached hydrogen (secondary N) is 1. The van der Waals surface area contributed by atoms with E-state index in [1.807, 2.05) is 25.1 Å². The maximum atomic E-state index is 12.3. The van der Waals surface area contributed by atoms with E-state index in [4.69, 9.17) is 0 Å². The Hall–Kier alpha value is -2.35. The van der Waals surface area contributed by atoms with Crippen molar-refractivity contribution in [2.45, 2.75) is 39.5 Å². The minimum atomic E-state index is 0.0328. The minimum Gasteiger partial charge on any atom is -0.361 e. The summed E-state index contributed by atoms with van der Waals surface area (Å²) >= 11 is 0. The molecule has 23 heavy (non-hydrogen) atoms. The number of allylic oxidation sites excluding steroid dienone is 1. The first kappa shape index (κ1) is 15.5. The maximum Gasteiger partial charge on any atom is 0.187 e. The normalized spacial score (nSPS) is 13.8. The highest BCUT2D eigenvalue weighted by molar-refractivity contribution is 6.04. The summed E-state index contributed by atoms with van der Waals surface area (Å²) in [7, 11) is 0. The number of rotatable bonds is 4. The number of hydrogen-bond acceptors (Lipinski definition) is 2. The number of benzene rings is 2. The molecule has 0 heterocycles. The molecular formula is C21H23NO. The van der Waals surface area contributed by atoms with E-state index in [9.17, 15) is 4.79 Å². The Labute approximate surface area is 138 Å². The van der Waals surface area contributed by atoms with E-state index >= 15 is 0 Å². The number of fused-ring (bicyclic) bond motifs is 1. The van der Waals surface area contributed by atoms with Crippen LogP contribution in [0.5, 0.6) is 0 Å². The fraction of sp³-hybridized carbons (Fsp3) is 0.286. The molecule has 118 valence electrons. The summed E-state index contributed by atoms with van der Waals surface area (Å²) < 4.78 is 0. The van der Waals surface area contributed by atoms with Gasteiger partial charge in [0, 0.05) is 23.5 Å². The van der Waals surface area contributed by atoms with E-state index in [0.29, 0.717) is 0 Å². The van der Waals surface area contributed by atoms with Gasteiger partial charge >= 0.3 is 0 Å². The Morgan fingerprint density at radius 1 is 1.04 bits per heavy atom. The quantitative estimate of drug-likeness (QED) is 0.637. The zero-order valence-corrected chi connectivity index (χ0v) is 13.9. The standard InChI is InChI=1S/C21H23NO/c1-15-10-11-18(14-16(15)2)21(23)12-13-22-20-9-5-7-17-6-3-4-8-19(17)20/h5,7,9-14,22H,3-4,6,8H2,1-2H3. The number of aryl methyl sites for hydroxylation is 3. The van der Waals surface area contributed by atoms with E-state index in [1.165, 1.54) is 29.5 Å². The molecular weight excluding hydrogens is 282 g/mol. The number of hydrogen-bond donors (Lipinski definition) is 1. The largest absolute Gasteiger partial charge is 0.361 e. The van der Waals surface area contributed by atoms with Gasteiger partial charge in [0.25, 0.3) is 0 Å². The topological polar surface area (TPSA) is 29.1 Å². The third-order valence-electron chi connectivity index (χ3n) is 4.66. The van der Waals surface area contributed by atoms with Crippen molar-refractivity contribution in [3.05, 3.63) is 76.5 Å². The summed E-state index contributed by atoms with van der Waals surface area (Å²) in [6.07, 6.45) is 8.19. The van der Waals surface area contributed by atoms with Crippen molar-refractivity contribution < 1.29 is 4.79 Å². The lowest BCUT2D eigenvalue weighted by Crippen LogP contribution is -2.06. The molecule has 0 atom stereocenters. The predicted octanol–water partition coefficient (Wildman–Crippen LogP) is 4.99. The van der Waals surface area contributed by atoms with Crippen LogP contribution in [0, 0.1) is 13.8 Å². The first-order valence-electron chi connectivity index (χ1n) is 8.30. The SMILES string of the molecule is Cc1ccc(C(=O)C=CNc2cccc3c2CCCC3)cc1C. The zero-order valence-electron chi connectivity index (χ0n) is 13.9. The maximum absolute atomic E-state index is 12.3. The molecule has 1 aliphatic carbocycles. The second-order valence-corrected chi connectivity index (χ2v) is 6.29. The molecule has 0 aromatic heterocycles. The van der Waals surface area contributed by atoms with Crippen molar-refractivity contribution in [3.63, 3.8) is 0 Å². The summed E-state index contributed by atoms with van der Waals surface area (Å²) in [5.74, 6) is 0.0328. The van der Waals surface area contributed by atoms with Crippen molar-refractivity contribution in [3.8, 4) is 0 Å². The van der Waals surface area contributed by atoms with Gasteiger partial charge in [-0.3, -0.25) is 4.79 Å². The van der Waals surface area contributed by atoms with Gasteiger partial charge in [-0.15, -0.1) is 0 Å². The van der Waals surface area contributed by atoms with Gasteiger partial charge in [0.1, 0.15) is 0 Å². The van der Waals surface area contributed by atoms with Crippen LogP contribution in [0.4, 0.5) is 5.69 Å². The van der Waals surface area contributed by atoms with Gasteiger partial charge in [-0.25, -0.2) is 0 Å². The second kappa shape index (κ2) is 6.82. The van der Waals surface area contributed by atoms with Crippen LogP contribution in [-0.4, -0.2) is 5.78 Å². The molecule has 0 spiro atoms. The minimum absolute atomic E-state index is 0.0328. The predicted molar refractivity (Wildman–Crippen MR) is 96.1 cm³/mol. The summed E-state index contributed by atoms with van der Waals surface area (Å²) in [5, 5.41) is 3.30. The van der Waals surface area contributed by atoms with Crippen molar-refractivity contribution >= 4 is 11.5 Å². The van der Waals surface area contributed by atoms with Gasteiger partial charge < -0.3 is 5.32 Å². The third kappa shape index (κ3) is 3.53. The molecule has 0 saturated carbocycles. The molecule has 2 aromatic rings. The Kier molecular flexibility index (Phi) is 4.61. The number of carbonyl (C=O) groups is 1. The Morgan fingerprint density at radius 3 is 2.70 bits per heavy atom. The first-order chi connectivity index (χ1) is 11.1. The lowest BCUT2D eigenvalue weighted by molar-refractivity contribution is 0.104. The summed E-state index contributed by atoms with van der Waals surface area (Å²) in [4.78, 5) is 12.3. The summed E-state index contributed by atoms with van der Waals surface area (Å²) in [6, 6.07) is 12.2. The van der Waals surface area contributed by atoms with Gasteiger partial charge in [-0.1, -0.05) is 24.3 Å². The fourth-order valence-electron chi connectivity index (χ4n) is 3.11. The van der Waals surface area contributed by atoms with Gasteiger partial charge in [0.15, 0.2) is 5.78 Å². The highest BCUT2D eigenvalue weighted by atomic mass is 16.1.